The van der Waals surface area contributed by atoms with Crippen molar-refractivity contribution in [3.05, 3.63) is 83.5 Å². The first kappa shape index (κ1) is 15.9. The summed E-state index contributed by atoms with van der Waals surface area (Å²) in [4.78, 5) is 4.53. The molecule has 0 fully saturated rings. The van der Waals surface area contributed by atoms with Gasteiger partial charge in [-0.1, -0.05) is 54.6 Å². The molecule has 4 rings (SSSR count). The second kappa shape index (κ2) is 6.38. The van der Waals surface area contributed by atoms with Crippen LogP contribution in [0.5, 0.6) is 0 Å². The molecule has 0 N–H and O–H groups in total. The molecule has 0 unspecified atom stereocenters. The zero-order valence-corrected chi connectivity index (χ0v) is 14.9. The summed E-state index contributed by atoms with van der Waals surface area (Å²) < 4.78 is 2.10. The fraction of sp³-hybridized carbons (Fsp3) is 0.136. The SMILES string of the molecule is C=C(C)n1c2ccc(CCc3ccccc3)cc2c2cc(Cl)cnc21. The van der Waals surface area contributed by atoms with E-state index in [1.807, 2.05) is 13.0 Å². The van der Waals surface area contributed by atoms with Crippen molar-refractivity contribution in [3.8, 4) is 0 Å². The van der Waals surface area contributed by atoms with Crippen molar-refractivity contribution < 1.29 is 0 Å². The average molecular weight is 347 g/mol. The molecule has 0 aliphatic carbocycles. The largest absolute Gasteiger partial charge is 0.299 e. The van der Waals surface area contributed by atoms with E-state index in [4.69, 9.17) is 11.6 Å². The molecule has 0 saturated carbocycles. The molecule has 0 atom stereocenters. The Morgan fingerprint density at radius 1 is 1.00 bits per heavy atom. The van der Waals surface area contributed by atoms with E-state index in [1.54, 1.807) is 6.20 Å². The summed E-state index contributed by atoms with van der Waals surface area (Å²) >= 11 is 6.19. The van der Waals surface area contributed by atoms with Crippen LogP contribution in [0.1, 0.15) is 18.1 Å². The van der Waals surface area contributed by atoms with E-state index in [9.17, 15) is 0 Å². The maximum absolute atomic E-state index is 6.19. The highest BCUT2D eigenvalue weighted by molar-refractivity contribution is 6.31. The minimum atomic E-state index is 0.656. The summed E-state index contributed by atoms with van der Waals surface area (Å²) in [7, 11) is 0. The van der Waals surface area contributed by atoms with Gasteiger partial charge in [0.2, 0.25) is 0 Å². The van der Waals surface area contributed by atoms with E-state index in [-0.39, 0.29) is 0 Å². The zero-order valence-electron chi connectivity index (χ0n) is 14.2. The molecule has 0 saturated heterocycles. The molecule has 25 heavy (non-hydrogen) atoms. The summed E-state index contributed by atoms with van der Waals surface area (Å²) in [5.74, 6) is 0. The highest BCUT2D eigenvalue weighted by Crippen LogP contribution is 2.32. The third-order valence-electron chi connectivity index (χ3n) is 4.56. The molecule has 0 aliphatic rings. The Hall–Kier alpha value is -2.58. The Morgan fingerprint density at radius 2 is 1.76 bits per heavy atom. The number of hydrogen-bond donors (Lipinski definition) is 0. The third-order valence-corrected chi connectivity index (χ3v) is 4.77. The van der Waals surface area contributed by atoms with Crippen LogP contribution < -0.4 is 0 Å². The highest BCUT2D eigenvalue weighted by Gasteiger charge is 2.13. The van der Waals surface area contributed by atoms with Gasteiger partial charge in [-0.2, -0.15) is 0 Å². The molecule has 0 radical (unpaired) electrons. The van der Waals surface area contributed by atoms with E-state index in [1.165, 1.54) is 16.5 Å². The van der Waals surface area contributed by atoms with Crippen molar-refractivity contribution in [3.63, 3.8) is 0 Å². The predicted octanol–water partition coefficient (Wildman–Crippen LogP) is 6.12. The Kier molecular flexibility index (Phi) is 4.06. The van der Waals surface area contributed by atoms with Gasteiger partial charge in [-0.05, 0) is 49.1 Å². The number of hydrogen-bond acceptors (Lipinski definition) is 1. The summed E-state index contributed by atoms with van der Waals surface area (Å²) in [5, 5.41) is 2.91. The Morgan fingerprint density at radius 3 is 2.52 bits per heavy atom. The van der Waals surface area contributed by atoms with Gasteiger partial charge in [-0.3, -0.25) is 4.57 Å². The maximum Gasteiger partial charge on any atom is 0.145 e. The smallest absolute Gasteiger partial charge is 0.145 e. The minimum Gasteiger partial charge on any atom is -0.299 e. The Bertz CT molecular complexity index is 1080. The van der Waals surface area contributed by atoms with Gasteiger partial charge in [0, 0.05) is 22.7 Å². The fourth-order valence-electron chi connectivity index (χ4n) is 3.39. The number of aryl methyl sites for hydroxylation is 2. The lowest BCUT2D eigenvalue weighted by Gasteiger charge is -2.06. The van der Waals surface area contributed by atoms with Crippen LogP contribution in [-0.2, 0) is 12.8 Å². The first-order valence-electron chi connectivity index (χ1n) is 8.42. The minimum absolute atomic E-state index is 0.656. The first-order valence-corrected chi connectivity index (χ1v) is 8.79. The number of halogens is 1. The van der Waals surface area contributed by atoms with Crippen LogP contribution in [0, 0.1) is 0 Å². The predicted molar refractivity (Wildman–Crippen MR) is 107 cm³/mol. The molecule has 2 nitrogen and oxygen atoms in total. The molecular weight excluding hydrogens is 328 g/mol. The molecule has 0 aliphatic heterocycles. The van der Waals surface area contributed by atoms with Gasteiger partial charge in [-0.15, -0.1) is 0 Å². The third kappa shape index (κ3) is 2.94. The molecular formula is C22H19ClN2. The molecule has 0 spiro atoms. The van der Waals surface area contributed by atoms with Gasteiger partial charge in [0.05, 0.1) is 10.5 Å². The summed E-state index contributed by atoms with van der Waals surface area (Å²) in [6, 6.07) is 19.2. The fourth-order valence-corrected chi connectivity index (χ4v) is 3.55. The summed E-state index contributed by atoms with van der Waals surface area (Å²) in [5.41, 5.74) is 5.66. The topological polar surface area (TPSA) is 17.8 Å². The van der Waals surface area contributed by atoms with Crippen molar-refractivity contribution in [1.82, 2.24) is 9.55 Å². The van der Waals surface area contributed by atoms with Crippen LogP contribution in [0.3, 0.4) is 0 Å². The molecule has 2 heterocycles. The van der Waals surface area contributed by atoms with Gasteiger partial charge >= 0.3 is 0 Å². The van der Waals surface area contributed by atoms with E-state index in [0.717, 1.165) is 35.1 Å². The van der Waals surface area contributed by atoms with Gasteiger partial charge in [0.15, 0.2) is 0 Å². The molecule has 0 bridgehead atoms. The molecule has 4 aromatic rings. The van der Waals surface area contributed by atoms with Crippen molar-refractivity contribution in [2.45, 2.75) is 19.8 Å². The number of aromatic nitrogens is 2. The lowest BCUT2D eigenvalue weighted by molar-refractivity contribution is 0.962. The summed E-state index contributed by atoms with van der Waals surface area (Å²) in [6.45, 7) is 6.11. The van der Waals surface area contributed by atoms with Crippen LogP contribution in [0.25, 0.3) is 27.6 Å². The van der Waals surface area contributed by atoms with Gasteiger partial charge in [-0.25, -0.2) is 4.98 Å². The van der Waals surface area contributed by atoms with E-state index in [0.29, 0.717) is 5.02 Å². The van der Waals surface area contributed by atoms with Crippen LogP contribution in [0.2, 0.25) is 5.02 Å². The molecule has 2 aromatic heterocycles. The lowest BCUT2D eigenvalue weighted by atomic mass is 10.0. The van der Waals surface area contributed by atoms with E-state index in [2.05, 4.69) is 64.7 Å². The number of benzene rings is 2. The van der Waals surface area contributed by atoms with Gasteiger partial charge in [0.25, 0.3) is 0 Å². The van der Waals surface area contributed by atoms with Crippen LogP contribution in [0.15, 0.2) is 67.4 Å². The number of fused-ring (bicyclic) bond motifs is 3. The first-order chi connectivity index (χ1) is 12.1. The normalized spacial score (nSPS) is 11.3. The second-order valence-corrected chi connectivity index (χ2v) is 6.87. The second-order valence-electron chi connectivity index (χ2n) is 6.43. The van der Waals surface area contributed by atoms with Gasteiger partial charge in [0.1, 0.15) is 5.65 Å². The molecule has 2 aromatic carbocycles. The van der Waals surface area contributed by atoms with Crippen LogP contribution >= 0.6 is 11.6 Å². The number of allylic oxidation sites excluding steroid dienone is 1. The Balaban J connectivity index is 1.80. The number of rotatable bonds is 4. The standard InChI is InChI=1S/C22H19ClN2/c1-15(2)25-21-11-10-17(9-8-16-6-4-3-5-7-16)12-19(21)20-13-18(23)14-24-22(20)25/h3-7,10-14H,1,8-9H2,2H3. The maximum atomic E-state index is 6.19. The molecule has 0 amide bonds. The Labute approximate surface area is 152 Å². The van der Waals surface area contributed by atoms with Crippen molar-refractivity contribution in [2.24, 2.45) is 0 Å². The zero-order chi connectivity index (χ0) is 17.4. The summed E-state index contributed by atoms with van der Waals surface area (Å²) in [6.07, 6.45) is 3.73. The highest BCUT2D eigenvalue weighted by atomic mass is 35.5. The average Bonchev–Trinajstić information content (AvgIpc) is 2.94. The van der Waals surface area contributed by atoms with Crippen molar-refractivity contribution in [1.29, 1.82) is 0 Å². The van der Waals surface area contributed by atoms with Crippen LogP contribution in [-0.4, -0.2) is 9.55 Å². The monoisotopic (exact) mass is 346 g/mol. The quantitative estimate of drug-likeness (QED) is 0.435. The van der Waals surface area contributed by atoms with Crippen molar-refractivity contribution in [2.75, 3.05) is 0 Å². The van der Waals surface area contributed by atoms with Crippen LogP contribution in [0.4, 0.5) is 0 Å². The molecule has 3 heteroatoms. The number of nitrogens with zero attached hydrogens (tertiary/aromatic N) is 2. The number of pyridine rings is 1. The van der Waals surface area contributed by atoms with E-state index >= 15 is 0 Å². The molecule has 124 valence electrons. The van der Waals surface area contributed by atoms with Gasteiger partial charge < -0.3 is 0 Å². The van der Waals surface area contributed by atoms with E-state index < -0.39 is 0 Å². The lowest BCUT2D eigenvalue weighted by Crippen LogP contribution is -1.94. The van der Waals surface area contributed by atoms with Crippen molar-refractivity contribution >= 4 is 39.2 Å².